The van der Waals surface area contributed by atoms with E-state index in [1.54, 1.807) is 0 Å². The zero-order valence-corrected chi connectivity index (χ0v) is 11.9. The van der Waals surface area contributed by atoms with Crippen molar-refractivity contribution >= 4 is 17.6 Å². The summed E-state index contributed by atoms with van der Waals surface area (Å²) in [7, 11) is 0. The van der Waals surface area contributed by atoms with E-state index < -0.39 is 0 Å². The Morgan fingerprint density at radius 2 is 1.84 bits per heavy atom. The van der Waals surface area contributed by atoms with Crippen molar-refractivity contribution in [2.45, 2.75) is 45.4 Å². The molecule has 0 aromatic carbocycles. The summed E-state index contributed by atoms with van der Waals surface area (Å²) in [6.07, 6.45) is 7.55. The number of rotatable bonds is 4. The Morgan fingerprint density at radius 1 is 1.16 bits per heavy atom. The van der Waals surface area contributed by atoms with Crippen molar-refractivity contribution in [1.29, 1.82) is 0 Å². The summed E-state index contributed by atoms with van der Waals surface area (Å²) in [5.74, 6) is 2.16. The van der Waals surface area contributed by atoms with E-state index in [0.29, 0.717) is 5.95 Å². The van der Waals surface area contributed by atoms with Crippen LogP contribution in [0.5, 0.6) is 0 Å². The molecule has 0 saturated carbocycles. The molecule has 0 unspecified atom stereocenters. The van der Waals surface area contributed by atoms with Crippen LogP contribution in [0.15, 0.2) is 6.07 Å². The highest BCUT2D eigenvalue weighted by atomic mass is 15.2. The van der Waals surface area contributed by atoms with Crippen LogP contribution in [0.25, 0.3) is 0 Å². The van der Waals surface area contributed by atoms with Crippen LogP contribution in [0.3, 0.4) is 0 Å². The van der Waals surface area contributed by atoms with Crippen molar-refractivity contribution < 1.29 is 0 Å². The summed E-state index contributed by atoms with van der Waals surface area (Å²) >= 11 is 0. The van der Waals surface area contributed by atoms with Gasteiger partial charge < -0.3 is 16.0 Å². The van der Waals surface area contributed by atoms with Gasteiger partial charge in [0, 0.05) is 25.7 Å². The van der Waals surface area contributed by atoms with Crippen LogP contribution >= 0.6 is 0 Å². The topological polar surface area (TPSA) is 67.1 Å². The Hall–Kier alpha value is -1.52. The summed E-state index contributed by atoms with van der Waals surface area (Å²) in [4.78, 5) is 11.0. The Labute approximate surface area is 115 Å². The van der Waals surface area contributed by atoms with Crippen molar-refractivity contribution in [2.24, 2.45) is 0 Å². The number of hydrogen-bond donors (Lipinski definition) is 2. The van der Waals surface area contributed by atoms with E-state index in [1.807, 2.05) is 6.07 Å². The largest absolute Gasteiger partial charge is 0.370 e. The van der Waals surface area contributed by atoms with Crippen LogP contribution in [0, 0.1) is 0 Å². The first-order chi connectivity index (χ1) is 9.29. The minimum absolute atomic E-state index is 0.359. The van der Waals surface area contributed by atoms with Gasteiger partial charge in [-0.2, -0.15) is 9.97 Å². The van der Waals surface area contributed by atoms with Gasteiger partial charge in [0.1, 0.15) is 11.6 Å². The monoisotopic (exact) mass is 263 g/mol. The summed E-state index contributed by atoms with van der Waals surface area (Å²) in [6.45, 7) is 5.19. The van der Waals surface area contributed by atoms with Gasteiger partial charge in [-0.15, -0.1) is 0 Å². The maximum absolute atomic E-state index is 5.82. The maximum atomic E-state index is 5.82. The molecule has 1 aliphatic rings. The van der Waals surface area contributed by atoms with E-state index in [2.05, 4.69) is 27.1 Å². The zero-order chi connectivity index (χ0) is 13.5. The van der Waals surface area contributed by atoms with Gasteiger partial charge in [-0.3, -0.25) is 0 Å². The first-order valence-electron chi connectivity index (χ1n) is 7.43. The molecule has 1 saturated heterocycles. The zero-order valence-electron chi connectivity index (χ0n) is 11.9. The average Bonchev–Trinajstić information content (AvgIpc) is 2.35. The van der Waals surface area contributed by atoms with Gasteiger partial charge in [0.25, 0.3) is 0 Å². The lowest BCUT2D eigenvalue weighted by molar-refractivity contribution is 0.554. The molecule has 1 fully saturated rings. The van der Waals surface area contributed by atoms with E-state index in [4.69, 9.17) is 5.73 Å². The molecule has 5 heteroatoms. The smallest absolute Gasteiger partial charge is 0.223 e. The Kier molecular flexibility index (Phi) is 5.24. The summed E-state index contributed by atoms with van der Waals surface area (Å²) in [6, 6.07) is 2.02. The maximum Gasteiger partial charge on any atom is 0.223 e. The fraction of sp³-hybridized carbons (Fsp3) is 0.714. The third kappa shape index (κ3) is 4.26. The molecule has 106 valence electrons. The minimum Gasteiger partial charge on any atom is -0.370 e. The summed E-state index contributed by atoms with van der Waals surface area (Å²) < 4.78 is 0. The van der Waals surface area contributed by atoms with Crippen LogP contribution < -0.4 is 16.0 Å². The van der Waals surface area contributed by atoms with Gasteiger partial charge in [-0.25, -0.2) is 0 Å². The lowest BCUT2D eigenvalue weighted by atomic mass is 10.1. The van der Waals surface area contributed by atoms with Crippen LogP contribution in [-0.2, 0) is 0 Å². The van der Waals surface area contributed by atoms with Crippen LogP contribution in [0.1, 0.15) is 45.4 Å². The van der Waals surface area contributed by atoms with Crippen LogP contribution in [0.4, 0.5) is 17.6 Å². The summed E-state index contributed by atoms with van der Waals surface area (Å²) in [5, 5.41) is 3.28. The second kappa shape index (κ2) is 7.16. The fourth-order valence-corrected chi connectivity index (χ4v) is 2.43. The third-order valence-corrected chi connectivity index (χ3v) is 3.47. The number of aromatic nitrogens is 2. The molecule has 1 aromatic rings. The lowest BCUT2D eigenvalue weighted by Crippen LogP contribution is -2.28. The van der Waals surface area contributed by atoms with Gasteiger partial charge in [0.2, 0.25) is 5.95 Å². The predicted molar refractivity (Wildman–Crippen MR) is 80.5 cm³/mol. The van der Waals surface area contributed by atoms with Crippen LogP contribution in [-0.4, -0.2) is 29.6 Å². The third-order valence-electron chi connectivity index (χ3n) is 3.47. The molecule has 0 aliphatic carbocycles. The summed E-state index contributed by atoms with van der Waals surface area (Å²) in [5.41, 5.74) is 5.82. The van der Waals surface area contributed by atoms with Gasteiger partial charge in [0.05, 0.1) is 0 Å². The van der Waals surface area contributed by atoms with E-state index in [9.17, 15) is 0 Å². The minimum atomic E-state index is 0.359. The molecular formula is C14H25N5. The first-order valence-corrected chi connectivity index (χ1v) is 7.43. The van der Waals surface area contributed by atoms with Gasteiger partial charge in [0.15, 0.2) is 0 Å². The molecule has 0 atom stereocenters. The van der Waals surface area contributed by atoms with Crippen LogP contribution in [0.2, 0.25) is 0 Å². The molecule has 0 spiro atoms. The molecular weight excluding hydrogens is 238 g/mol. The molecule has 1 aliphatic heterocycles. The van der Waals surface area contributed by atoms with E-state index in [1.165, 1.54) is 32.1 Å². The number of hydrogen-bond acceptors (Lipinski definition) is 5. The Bertz CT molecular complexity index is 385. The Morgan fingerprint density at radius 3 is 2.53 bits per heavy atom. The van der Waals surface area contributed by atoms with Crippen molar-refractivity contribution in [2.75, 3.05) is 35.6 Å². The number of anilines is 3. The van der Waals surface area contributed by atoms with Crippen molar-refractivity contribution in [3.63, 3.8) is 0 Å². The molecule has 0 bridgehead atoms. The molecule has 2 rings (SSSR count). The second-order valence-electron chi connectivity index (χ2n) is 5.15. The van der Waals surface area contributed by atoms with Gasteiger partial charge in [-0.1, -0.05) is 26.2 Å². The highest BCUT2D eigenvalue weighted by molar-refractivity contribution is 5.52. The van der Waals surface area contributed by atoms with Crippen molar-refractivity contribution in [3.05, 3.63) is 6.07 Å². The molecule has 3 N–H and O–H groups in total. The highest BCUT2D eigenvalue weighted by Crippen LogP contribution is 2.20. The molecule has 0 amide bonds. The molecule has 1 aromatic heterocycles. The molecule has 5 nitrogen and oxygen atoms in total. The average molecular weight is 263 g/mol. The fourth-order valence-electron chi connectivity index (χ4n) is 2.43. The second-order valence-corrected chi connectivity index (χ2v) is 5.15. The first kappa shape index (κ1) is 13.9. The highest BCUT2D eigenvalue weighted by Gasteiger charge is 2.12. The standard InChI is InChI=1S/C14H25N5/c1-2-8-16-12-11-13(18-14(15)17-12)19-9-6-4-3-5-7-10-19/h11H,2-10H2,1H3,(H3,15,16,17,18). The number of nitrogens with zero attached hydrogens (tertiary/aromatic N) is 3. The number of nitrogens with one attached hydrogen (secondary N) is 1. The van der Waals surface area contributed by atoms with Crippen molar-refractivity contribution in [3.8, 4) is 0 Å². The van der Waals surface area contributed by atoms with E-state index >= 15 is 0 Å². The predicted octanol–water partition coefficient (Wildman–Crippen LogP) is 2.65. The van der Waals surface area contributed by atoms with E-state index in [0.717, 1.165) is 37.7 Å². The van der Waals surface area contributed by atoms with E-state index in [-0.39, 0.29) is 0 Å². The molecule has 2 heterocycles. The molecule has 0 radical (unpaired) electrons. The molecule has 19 heavy (non-hydrogen) atoms. The SMILES string of the molecule is CCCNc1cc(N2CCCCCCC2)nc(N)n1. The van der Waals surface area contributed by atoms with Gasteiger partial charge in [-0.05, 0) is 19.3 Å². The lowest BCUT2D eigenvalue weighted by Gasteiger charge is -2.26. The van der Waals surface area contributed by atoms with Crippen molar-refractivity contribution in [1.82, 2.24) is 9.97 Å². The number of nitrogens with two attached hydrogens (primary N) is 1. The normalized spacial score (nSPS) is 16.8. The quantitative estimate of drug-likeness (QED) is 0.874. The van der Waals surface area contributed by atoms with Gasteiger partial charge >= 0.3 is 0 Å². The Balaban J connectivity index is 2.10. The number of nitrogen functional groups attached to an aromatic ring is 1.